The Bertz CT molecular complexity index is 779. The minimum atomic E-state index is -0.217. The highest BCUT2D eigenvalue weighted by Crippen LogP contribution is 2.19. The average Bonchev–Trinajstić information content (AvgIpc) is 3.04. The van der Waals surface area contributed by atoms with Gasteiger partial charge in [0.2, 0.25) is 5.95 Å². The maximum Gasteiger partial charge on any atom is 0.256 e. The molecule has 2 saturated heterocycles. The number of nitrogens with zero attached hydrogens (tertiary/aromatic N) is 5. The first kappa shape index (κ1) is 18.7. The lowest BCUT2D eigenvalue weighted by Gasteiger charge is -2.36. The van der Waals surface area contributed by atoms with Crippen LogP contribution in [0.5, 0.6) is 0 Å². The van der Waals surface area contributed by atoms with Gasteiger partial charge in [-0.1, -0.05) is 12.8 Å². The number of carbonyl (C=O) groups excluding carboxylic acids is 1. The molecule has 0 unspecified atom stereocenters. The Morgan fingerprint density at radius 1 is 0.786 bits per heavy atom. The molecule has 0 saturated carbocycles. The number of halogens is 1. The minimum absolute atomic E-state index is 0.0366. The third-order valence-corrected chi connectivity index (χ3v) is 5.53. The van der Waals surface area contributed by atoms with Crippen LogP contribution in [-0.4, -0.2) is 60.0 Å². The van der Waals surface area contributed by atoms with Crippen LogP contribution in [0.4, 0.5) is 16.0 Å². The Labute approximate surface area is 165 Å². The molecular weight excluding hydrogens is 357 g/mol. The van der Waals surface area contributed by atoms with E-state index in [1.54, 1.807) is 12.4 Å². The molecule has 2 aromatic rings. The second-order valence-electron chi connectivity index (χ2n) is 7.43. The summed E-state index contributed by atoms with van der Waals surface area (Å²) in [5.41, 5.74) is 1.59. The van der Waals surface area contributed by atoms with Crippen LogP contribution in [0.15, 0.2) is 36.7 Å². The molecule has 0 radical (unpaired) electrons. The number of piperazine rings is 1. The number of aromatic nitrogens is 2. The van der Waals surface area contributed by atoms with Crippen LogP contribution in [-0.2, 0) is 0 Å². The van der Waals surface area contributed by atoms with E-state index in [4.69, 9.17) is 0 Å². The predicted molar refractivity (Wildman–Crippen MR) is 107 cm³/mol. The summed E-state index contributed by atoms with van der Waals surface area (Å²) < 4.78 is 13.1. The van der Waals surface area contributed by atoms with E-state index < -0.39 is 0 Å². The van der Waals surface area contributed by atoms with Crippen molar-refractivity contribution in [1.29, 1.82) is 0 Å². The van der Waals surface area contributed by atoms with Crippen molar-refractivity contribution in [1.82, 2.24) is 14.9 Å². The molecule has 0 aliphatic carbocycles. The lowest BCUT2D eigenvalue weighted by atomic mass is 10.2. The molecule has 1 aromatic heterocycles. The van der Waals surface area contributed by atoms with E-state index in [1.165, 1.54) is 25.0 Å². The Balaban J connectivity index is 1.35. The van der Waals surface area contributed by atoms with Crippen LogP contribution < -0.4 is 9.80 Å². The van der Waals surface area contributed by atoms with Gasteiger partial charge in [-0.05, 0) is 37.1 Å². The molecule has 4 rings (SSSR count). The SMILES string of the molecule is O=C(c1cnc(N2CCN(c3ccc(F)cc3)CC2)nc1)N1CCCCCC1. The van der Waals surface area contributed by atoms with Gasteiger partial charge in [0, 0.05) is 57.3 Å². The molecule has 1 amide bonds. The third-order valence-electron chi connectivity index (χ3n) is 5.53. The van der Waals surface area contributed by atoms with E-state index in [0.717, 1.165) is 57.8 Å². The van der Waals surface area contributed by atoms with Crippen molar-refractivity contribution in [2.24, 2.45) is 0 Å². The standard InChI is InChI=1S/C21H26FN5O/c22-18-5-7-19(8-6-18)25-11-13-27(14-12-25)21-23-15-17(16-24-21)20(28)26-9-3-1-2-4-10-26/h5-8,15-16H,1-4,9-14H2. The second-order valence-corrected chi connectivity index (χ2v) is 7.43. The van der Waals surface area contributed by atoms with E-state index in [9.17, 15) is 9.18 Å². The quantitative estimate of drug-likeness (QED) is 0.816. The van der Waals surface area contributed by atoms with Gasteiger partial charge in [-0.3, -0.25) is 4.79 Å². The highest BCUT2D eigenvalue weighted by atomic mass is 19.1. The number of hydrogen-bond donors (Lipinski definition) is 0. The van der Waals surface area contributed by atoms with Gasteiger partial charge >= 0.3 is 0 Å². The van der Waals surface area contributed by atoms with Gasteiger partial charge in [0.1, 0.15) is 5.82 Å². The molecule has 3 heterocycles. The first-order valence-electron chi connectivity index (χ1n) is 10.1. The summed E-state index contributed by atoms with van der Waals surface area (Å²) in [4.78, 5) is 27.8. The number of amides is 1. The minimum Gasteiger partial charge on any atom is -0.368 e. The monoisotopic (exact) mass is 383 g/mol. The topological polar surface area (TPSA) is 52.6 Å². The fraction of sp³-hybridized carbons (Fsp3) is 0.476. The zero-order valence-electron chi connectivity index (χ0n) is 16.1. The van der Waals surface area contributed by atoms with Crippen molar-refractivity contribution >= 4 is 17.5 Å². The molecule has 6 nitrogen and oxygen atoms in total. The molecule has 0 atom stereocenters. The first-order chi connectivity index (χ1) is 13.7. The van der Waals surface area contributed by atoms with Crippen LogP contribution in [0, 0.1) is 5.82 Å². The van der Waals surface area contributed by atoms with Gasteiger partial charge in [0.15, 0.2) is 0 Å². The summed E-state index contributed by atoms with van der Waals surface area (Å²) >= 11 is 0. The second kappa shape index (κ2) is 8.54. The maximum absolute atomic E-state index is 13.1. The van der Waals surface area contributed by atoms with Crippen molar-refractivity contribution < 1.29 is 9.18 Å². The first-order valence-corrected chi connectivity index (χ1v) is 10.1. The summed E-state index contributed by atoms with van der Waals surface area (Å²) in [5, 5.41) is 0. The largest absolute Gasteiger partial charge is 0.368 e. The van der Waals surface area contributed by atoms with E-state index >= 15 is 0 Å². The van der Waals surface area contributed by atoms with E-state index in [2.05, 4.69) is 19.8 Å². The Kier molecular flexibility index (Phi) is 5.69. The molecule has 2 aliphatic rings. The average molecular weight is 383 g/mol. The zero-order valence-corrected chi connectivity index (χ0v) is 16.1. The van der Waals surface area contributed by atoms with Crippen LogP contribution in [0.1, 0.15) is 36.0 Å². The fourth-order valence-electron chi connectivity index (χ4n) is 3.87. The Morgan fingerprint density at radius 3 is 1.96 bits per heavy atom. The summed E-state index contributed by atoms with van der Waals surface area (Å²) in [6.45, 7) is 4.87. The number of rotatable bonds is 3. The smallest absolute Gasteiger partial charge is 0.256 e. The molecule has 7 heteroatoms. The van der Waals surface area contributed by atoms with Gasteiger partial charge in [-0.25, -0.2) is 14.4 Å². The van der Waals surface area contributed by atoms with Gasteiger partial charge in [0.05, 0.1) is 5.56 Å². The molecule has 0 bridgehead atoms. The Morgan fingerprint density at radius 2 is 1.36 bits per heavy atom. The molecule has 0 N–H and O–H groups in total. The van der Waals surface area contributed by atoms with Crippen molar-refractivity contribution in [3.05, 3.63) is 48.0 Å². The fourth-order valence-corrected chi connectivity index (χ4v) is 3.87. The number of carbonyl (C=O) groups is 1. The number of likely N-dealkylation sites (tertiary alicyclic amines) is 1. The maximum atomic E-state index is 13.1. The molecular formula is C21H26FN5O. The highest BCUT2D eigenvalue weighted by molar-refractivity contribution is 5.93. The van der Waals surface area contributed by atoms with Gasteiger partial charge in [0.25, 0.3) is 5.91 Å². The summed E-state index contributed by atoms with van der Waals surface area (Å²) in [7, 11) is 0. The normalized spacial score (nSPS) is 18.1. The van der Waals surface area contributed by atoms with Gasteiger partial charge in [-0.2, -0.15) is 0 Å². The highest BCUT2D eigenvalue weighted by Gasteiger charge is 2.21. The number of benzene rings is 1. The lowest BCUT2D eigenvalue weighted by molar-refractivity contribution is 0.0761. The van der Waals surface area contributed by atoms with Crippen molar-refractivity contribution in [2.45, 2.75) is 25.7 Å². The lowest BCUT2D eigenvalue weighted by Crippen LogP contribution is -2.47. The number of hydrogen-bond acceptors (Lipinski definition) is 5. The van der Waals surface area contributed by atoms with E-state index in [1.807, 2.05) is 17.0 Å². The molecule has 148 valence electrons. The summed E-state index contributed by atoms with van der Waals surface area (Å²) in [6.07, 6.45) is 7.85. The molecule has 28 heavy (non-hydrogen) atoms. The van der Waals surface area contributed by atoms with Gasteiger partial charge in [-0.15, -0.1) is 0 Å². The van der Waals surface area contributed by atoms with Crippen LogP contribution in [0.3, 0.4) is 0 Å². The van der Waals surface area contributed by atoms with Crippen LogP contribution >= 0.6 is 0 Å². The van der Waals surface area contributed by atoms with Crippen LogP contribution in [0.25, 0.3) is 0 Å². The van der Waals surface area contributed by atoms with Crippen molar-refractivity contribution in [3.8, 4) is 0 Å². The molecule has 1 aromatic carbocycles. The van der Waals surface area contributed by atoms with Gasteiger partial charge < -0.3 is 14.7 Å². The van der Waals surface area contributed by atoms with E-state index in [0.29, 0.717) is 11.5 Å². The van der Waals surface area contributed by atoms with Crippen molar-refractivity contribution in [3.63, 3.8) is 0 Å². The summed E-state index contributed by atoms with van der Waals surface area (Å²) in [6, 6.07) is 6.60. The number of anilines is 2. The van der Waals surface area contributed by atoms with E-state index in [-0.39, 0.29) is 11.7 Å². The molecule has 2 aliphatic heterocycles. The van der Waals surface area contributed by atoms with Crippen molar-refractivity contribution in [2.75, 3.05) is 49.1 Å². The third kappa shape index (κ3) is 4.24. The Hall–Kier alpha value is -2.70. The summed E-state index contributed by atoms with van der Waals surface area (Å²) in [5.74, 6) is 0.478. The zero-order chi connectivity index (χ0) is 19.3. The molecule has 2 fully saturated rings. The molecule has 0 spiro atoms. The van der Waals surface area contributed by atoms with Crippen LogP contribution in [0.2, 0.25) is 0 Å². The predicted octanol–water partition coefficient (Wildman–Crippen LogP) is 2.96.